The zero-order valence-electron chi connectivity index (χ0n) is 11.1. The highest BCUT2D eigenvalue weighted by Gasteiger charge is 2.30. The second-order valence-electron chi connectivity index (χ2n) is 4.58. The smallest absolute Gasteiger partial charge is 0.124 e. The SMILES string of the molecule is COC[C@@H]1C2=CC(OCc3ccccc3)=C1C=C2.N. The van der Waals surface area contributed by atoms with Crippen LogP contribution in [0.2, 0.25) is 0 Å². The van der Waals surface area contributed by atoms with Crippen LogP contribution in [0.5, 0.6) is 0 Å². The normalized spacial score (nSPS) is 19.4. The summed E-state index contributed by atoms with van der Waals surface area (Å²) >= 11 is 0. The molecular weight excluding hydrogens is 238 g/mol. The molecular formula is C16H19NO2. The van der Waals surface area contributed by atoms with Crippen molar-refractivity contribution in [1.29, 1.82) is 0 Å². The molecule has 0 saturated carbocycles. The minimum Gasteiger partial charge on any atom is -0.489 e. The van der Waals surface area contributed by atoms with E-state index in [0.29, 0.717) is 12.5 Å². The van der Waals surface area contributed by atoms with Gasteiger partial charge in [0.25, 0.3) is 0 Å². The summed E-state index contributed by atoms with van der Waals surface area (Å²) in [6, 6.07) is 10.2. The summed E-state index contributed by atoms with van der Waals surface area (Å²) in [4.78, 5) is 0. The van der Waals surface area contributed by atoms with E-state index >= 15 is 0 Å². The van der Waals surface area contributed by atoms with Gasteiger partial charge >= 0.3 is 0 Å². The van der Waals surface area contributed by atoms with Crippen LogP contribution in [0.4, 0.5) is 0 Å². The standard InChI is InChI=1S/C16H16O2.H3N/c1-17-11-15-13-7-8-14(15)16(9-13)18-10-12-5-3-2-4-6-12;/h2-9,15H,10-11H2,1H3;1H3/t15-;/m1./s1. The fourth-order valence-electron chi connectivity index (χ4n) is 2.45. The van der Waals surface area contributed by atoms with Gasteiger partial charge in [-0.2, -0.15) is 0 Å². The monoisotopic (exact) mass is 257 g/mol. The molecule has 0 radical (unpaired) electrons. The van der Waals surface area contributed by atoms with E-state index in [1.54, 1.807) is 7.11 Å². The lowest BCUT2D eigenvalue weighted by Crippen LogP contribution is -2.06. The van der Waals surface area contributed by atoms with E-state index in [-0.39, 0.29) is 6.15 Å². The van der Waals surface area contributed by atoms with Crippen LogP contribution in [-0.2, 0) is 16.1 Å². The summed E-state index contributed by atoms with van der Waals surface area (Å²) in [6.45, 7) is 1.35. The molecule has 0 aliphatic heterocycles. The van der Waals surface area contributed by atoms with Gasteiger partial charge in [0.15, 0.2) is 0 Å². The molecule has 3 nitrogen and oxygen atoms in total. The van der Waals surface area contributed by atoms with Crippen molar-refractivity contribution in [3.8, 4) is 0 Å². The molecule has 2 aliphatic carbocycles. The van der Waals surface area contributed by atoms with Crippen LogP contribution in [0, 0.1) is 5.92 Å². The maximum atomic E-state index is 5.90. The van der Waals surface area contributed by atoms with E-state index < -0.39 is 0 Å². The van der Waals surface area contributed by atoms with Gasteiger partial charge in [-0.25, -0.2) is 0 Å². The molecule has 19 heavy (non-hydrogen) atoms. The summed E-state index contributed by atoms with van der Waals surface area (Å²) < 4.78 is 11.1. The molecule has 0 amide bonds. The second kappa shape index (κ2) is 5.87. The van der Waals surface area contributed by atoms with Crippen molar-refractivity contribution < 1.29 is 9.47 Å². The molecule has 100 valence electrons. The van der Waals surface area contributed by atoms with Crippen molar-refractivity contribution in [3.63, 3.8) is 0 Å². The van der Waals surface area contributed by atoms with Crippen molar-refractivity contribution in [1.82, 2.24) is 6.15 Å². The van der Waals surface area contributed by atoms with E-state index in [9.17, 15) is 0 Å². The molecule has 0 spiro atoms. The van der Waals surface area contributed by atoms with Crippen LogP contribution in [0.25, 0.3) is 0 Å². The van der Waals surface area contributed by atoms with E-state index in [1.807, 2.05) is 18.2 Å². The molecule has 1 aromatic rings. The number of methoxy groups -OCH3 is 1. The summed E-state index contributed by atoms with van der Waals surface area (Å²) in [5.41, 5.74) is 3.75. The lowest BCUT2D eigenvalue weighted by atomic mass is 10.0. The van der Waals surface area contributed by atoms with Crippen LogP contribution in [0.3, 0.4) is 0 Å². The Morgan fingerprint density at radius 1 is 1.11 bits per heavy atom. The van der Waals surface area contributed by atoms with Crippen molar-refractivity contribution in [2.24, 2.45) is 5.92 Å². The molecule has 1 atom stereocenters. The molecule has 0 saturated heterocycles. The fraction of sp³-hybridized carbons (Fsp3) is 0.250. The summed E-state index contributed by atoms with van der Waals surface area (Å²) in [5, 5.41) is 0. The molecule has 0 fully saturated rings. The predicted molar refractivity (Wildman–Crippen MR) is 75.9 cm³/mol. The average molecular weight is 257 g/mol. The third-order valence-electron chi connectivity index (χ3n) is 3.39. The zero-order chi connectivity index (χ0) is 12.4. The number of hydrogen-bond acceptors (Lipinski definition) is 3. The number of ether oxygens (including phenoxy) is 2. The predicted octanol–water partition coefficient (Wildman–Crippen LogP) is 3.39. The van der Waals surface area contributed by atoms with Crippen molar-refractivity contribution >= 4 is 0 Å². The molecule has 3 rings (SSSR count). The molecule has 3 heteroatoms. The highest BCUT2D eigenvalue weighted by Crippen LogP contribution is 2.39. The summed E-state index contributed by atoms with van der Waals surface area (Å²) in [5.74, 6) is 1.37. The largest absolute Gasteiger partial charge is 0.489 e. The number of fused-ring (bicyclic) bond motifs is 2. The zero-order valence-corrected chi connectivity index (χ0v) is 11.1. The molecule has 2 aliphatic rings. The first-order valence-corrected chi connectivity index (χ1v) is 6.18. The first kappa shape index (κ1) is 13.6. The third-order valence-corrected chi connectivity index (χ3v) is 3.39. The quantitative estimate of drug-likeness (QED) is 0.879. The van der Waals surface area contributed by atoms with Gasteiger partial charge in [-0.15, -0.1) is 0 Å². The average Bonchev–Trinajstić information content (AvgIpc) is 2.95. The Kier molecular flexibility index (Phi) is 4.20. The van der Waals surface area contributed by atoms with Crippen LogP contribution in [-0.4, -0.2) is 13.7 Å². The van der Waals surface area contributed by atoms with Gasteiger partial charge in [0.2, 0.25) is 0 Å². The highest BCUT2D eigenvalue weighted by molar-refractivity contribution is 5.56. The Balaban J connectivity index is 0.00000133. The van der Waals surface area contributed by atoms with Gasteiger partial charge < -0.3 is 15.6 Å². The minimum atomic E-state index is 0. The third kappa shape index (κ3) is 2.62. The Labute approximate surface area is 113 Å². The van der Waals surface area contributed by atoms with Gasteiger partial charge in [0.1, 0.15) is 12.4 Å². The molecule has 0 heterocycles. The molecule has 0 aromatic heterocycles. The maximum Gasteiger partial charge on any atom is 0.124 e. The fourth-order valence-corrected chi connectivity index (χ4v) is 2.45. The van der Waals surface area contributed by atoms with Crippen LogP contribution >= 0.6 is 0 Å². The summed E-state index contributed by atoms with van der Waals surface area (Å²) in [7, 11) is 1.74. The second-order valence-corrected chi connectivity index (χ2v) is 4.58. The van der Waals surface area contributed by atoms with Crippen molar-refractivity contribution in [3.05, 3.63) is 71.0 Å². The van der Waals surface area contributed by atoms with E-state index in [4.69, 9.17) is 9.47 Å². The first-order chi connectivity index (χ1) is 8.88. The maximum absolute atomic E-state index is 5.90. The highest BCUT2D eigenvalue weighted by atomic mass is 16.5. The topological polar surface area (TPSA) is 53.5 Å². The molecule has 2 bridgehead atoms. The lowest BCUT2D eigenvalue weighted by molar-refractivity contribution is 0.177. The van der Waals surface area contributed by atoms with Gasteiger partial charge in [-0.1, -0.05) is 42.5 Å². The minimum absolute atomic E-state index is 0. The number of hydrogen-bond donors (Lipinski definition) is 1. The number of allylic oxidation sites excluding steroid dienone is 3. The van der Waals surface area contributed by atoms with Crippen molar-refractivity contribution in [2.45, 2.75) is 6.61 Å². The number of rotatable bonds is 5. The lowest BCUT2D eigenvalue weighted by Gasteiger charge is -2.10. The van der Waals surface area contributed by atoms with E-state index in [1.165, 1.54) is 16.7 Å². The molecule has 0 unspecified atom stereocenters. The van der Waals surface area contributed by atoms with E-state index in [2.05, 4.69) is 30.4 Å². The molecule has 3 N–H and O–H groups in total. The Morgan fingerprint density at radius 3 is 2.63 bits per heavy atom. The van der Waals surface area contributed by atoms with Gasteiger partial charge in [-0.3, -0.25) is 0 Å². The van der Waals surface area contributed by atoms with Crippen LogP contribution in [0.15, 0.2) is 65.5 Å². The van der Waals surface area contributed by atoms with Crippen LogP contribution in [0.1, 0.15) is 5.56 Å². The Bertz CT molecular complexity index is 529. The van der Waals surface area contributed by atoms with Crippen LogP contribution < -0.4 is 6.15 Å². The van der Waals surface area contributed by atoms with E-state index in [0.717, 1.165) is 12.4 Å². The Morgan fingerprint density at radius 2 is 1.89 bits per heavy atom. The first-order valence-electron chi connectivity index (χ1n) is 6.18. The van der Waals surface area contributed by atoms with Crippen molar-refractivity contribution in [2.75, 3.05) is 13.7 Å². The van der Waals surface area contributed by atoms with Gasteiger partial charge in [-0.05, 0) is 17.2 Å². The molecule has 1 aromatic carbocycles. The number of benzene rings is 1. The summed E-state index contributed by atoms with van der Waals surface area (Å²) in [6.07, 6.45) is 6.41. The van der Waals surface area contributed by atoms with Gasteiger partial charge in [0.05, 0.1) is 6.61 Å². The van der Waals surface area contributed by atoms with Gasteiger partial charge in [0, 0.05) is 18.6 Å². The Hall–Kier alpha value is -1.84.